The van der Waals surface area contributed by atoms with Gasteiger partial charge in [-0.2, -0.15) is 0 Å². The SMILES string of the molecule is CC1(C)CCC(OC2(CI)CCCC2)CC1. The monoisotopic (exact) mass is 336 g/mol. The average Bonchev–Trinajstić information content (AvgIpc) is 2.71. The first kappa shape index (κ1) is 13.1. The Labute approximate surface area is 114 Å². The Morgan fingerprint density at radius 1 is 1.06 bits per heavy atom. The molecule has 0 aliphatic heterocycles. The highest BCUT2D eigenvalue weighted by Crippen LogP contribution is 2.41. The minimum Gasteiger partial charge on any atom is -0.371 e. The normalized spacial score (nSPS) is 29.4. The number of hydrogen-bond acceptors (Lipinski definition) is 1. The predicted octanol–water partition coefficient (Wildman–Crippen LogP) is 4.72. The zero-order valence-corrected chi connectivity index (χ0v) is 12.9. The molecule has 0 spiro atoms. The lowest BCUT2D eigenvalue weighted by atomic mass is 9.76. The smallest absolute Gasteiger partial charge is 0.0775 e. The van der Waals surface area contributed by atoms with Crippen molar-refractivity contribution < 1.29 is 4.74 Å². The fraction of sp³-hybridized carbons (Fsp3) is 1.00. The molecule has 2 rings (SSSR count). The third-order valence-electron chi connectivity index (χ3n) is 4.46. The van der Waals surface area contributed by atoms with Crippen LogP contribution in [-0.4, -0.2) is 16.1 Å². The van der Waals surface area contributed by atoms with E-state index in [0.29, 0.717) is 11.5 Å². The van der Waals surface area contributed by atoms with E-state index >= 15 is 0 Å². The van der Waals surface area contributed by atoms with Crippen LogP contribution in [-0.2, 0) is 4.74 Å². The first-order valence-corrected chi connectivity index (χ1v) is 8.32. The summed E-state index contributed by atoms with van der Waals surface area (Å²) in [6, 6.07) is 0. The standard InChI is InChI=1S/C14H25IO/c1-13(2)9-5-12(6-10-13)16-14(11-15)7-3-4-8-14/h12H,3-11H2,1-2H3. The van der Waals surface area contributed by atoms with E-state index in [1.807, 2.05) is 0 Å². The van der Waals surface area contributed by atoms with E-state index in [1.165, 1.54) is 55.8 Å². The van der Waals surface area contributed by atoms with Crippen molar-refractivity contribution in [3.8, 4) is 0 Å². The second-order valence-electron chi connectivity index (χ2n) is 6.51. The van der Waals surface area contributed by atoms with Crippen molar-refractivity contribution in [2.75, 3.05) is 4.43 Å². The summed E-state index contributed by atoms with van der Waals surface area (Å²) in [5, 5.41) is 0. The molecule has 0 aromatic rings. The van der Waals surface area contributed by atoms with Gasteiger partial charge >= 0.3 is 0 Å². The molecule has 0 atom stereocenters. The summed E-state index contributed by atoms with van der Waals surface area (Å²) in [7, 11) is 0. The number of alkyl halides is 1. The van der Waals surface area contributed by atoms with Crippen LogP contribution in [0.5, 0.6) is 0 Å². The molecule has 0 aromatic heterocycles. The molecule has 1 nitrogen and oxygen atoms in total. The summed E-state index contributed by atoms with van der Waals surface area (Å²) < 4.78 is 7.66. The molecule has 16 heavy (non-hydrogen) atoms. The molecule has 94 valence electrons. The zero-order valence-electron chi connectivity index (χ0n) is 10.7. The number of rotatable bonds is 3. The van der Waals surface area contributed by atoms with Gasteiger partial charge in [0.2, 0.25) is 0 Å². The van der Waals surface area contributed by atoms with Crippen LogP contribution in [0.2, 0.25) is 0 Å². The molecule has 0 saturated heterocycles. The number of hydrogen-bond donors (Lipinski definition) is 0. The highest BCUT2D eigenvalue weighted by atomic mass is 127. The first-order valence-electron chi connectivity index (χ1n) is 6.79. The van der Waals surface area contributed by atoms with Crippen LogP contribution in [0.15, 0.2) is 0 Å². The highest BCUT2D eigenvalue weighted by molar-refractivity contribution is 14.1. The van der Waals surface area contributed by atoms with E-state index in [-0.39, 0.29) is 5.60 Å². The van der Waals surface area contributed by atoms with Crippen LogP contribution in [0.1, 0.15) is 65.2 Å². The summed E-state index contributed by atoms with van der Waals surface area (Å²) >= 11 is 2.52. The summed E-state index contributed by atoms with van der Waals surface area (Å²) in [5.74, 6) is 0. The van der Waals surface area contributed by atoms with Crippen LogP contribution in [0.3, 0.4) is 0 Å². The van der Waals surface area contributed by atoms with Crippen molar-refractivity contribution in [2.45, 2.75) is 76.9 Å². The van der Waals surface area contributed by atoms with Crippen LogP contribution in [0.25, 0.3) is 0 Å². The van der Waals surface area contributed by atoms with E-state index in [2.05, 4.69) is 36.4 Å². The van der Waals surface area contributed by atoms with Gasteiger partial charge in [0.1, 0.15) is 0 Å². The van der Waals surface area contributed by atoms with Crippen molar-refractivity contribution in [3.63, 3.8) is 0 Å². The first-order chi connectivity index (χ1) is 7.55. The largest absolute Gasteiger partial charge is 0.371 e. The minimum atomic E-state index is 0.257. The van der Waals surface area contributed by atoms with E-state index in [9.17, 15) is 0 Å². The lowest BCUT2D eigenvalue weighted by Gasteiger charge is -2.39. The maximum absolute atomic E-state index is 6.47. The molecule has 0 aromatic carbocycles. The summed E-state index contributed by atoms with van der Waals surface area (Å²) in [5.41, 5.74) is 0.819. The van der Waals surface area contributed by atoms with E-state index < -0.39 is 0 Å². The van der Waals surface area contributed by atoms with Gasteiger partial charge in [0.25, 0.3) is 0 Å². The molecule has 0 heterocycles. The number of halogens is 1. The van der Waals surface area contributed by atoms with Gasteiger partial charge in [0, 0.05) is 4.43 Å². The quantitative estimate of drug-likeness (QED) is 0.535. The molecule has 2 heteroatoms. The molecule has 2 fully saturated rings. The van der Waals surface area contributed by atoms with Gasteiger partial charge < -0.3 is 4.74 Å². The Hall–Kier alpha value is 0.690. The number of ether oxygens (including phenoxy) is 1. The molecule has 2 saturated carbocycles. The minimum absolute atomic E-state index is 0.257. The predicted molar refractivity (Wildman–Crippen MR) is 77.2 cm³/mol. The molecule has 0 amide bonds. The zero-order chi connectivity index (χ0) is 11.6. The maximum Gasteiger partial charge on any atom is 0.0775 e. The van der Waals surface area contributed by atoms with Crippen LogP contribution >= 0.6 is 22.6 Å². The summed E-state index contributed by atoms with van der Waals surface area (Å²) in [4.78, 5) is 0. The average molecular weight is 336 g/mol. The van der Waals surface area contributed by atoms with Crippen molar-refractivity contribution in [1.82, 2.24) is 0 Å². The Morgan fingerprint density at radius 2 is 1.62 bits per heavy atom. The van der Waals surface area contributed by atoms with Gasteiger partial charge in [-0.15, -0.1) is 0 Å². The van der Waals surface area contributed by atoms with Crippen molar-refractivity contribution >= 4 is 22.6 Å². The van der Waals surface area contributed by atoms with Gasteiger partial charge in [-0.1, -0.05) is 49.3 Å². The van der Waals surface area contributed by atoms with Crippen molar-refractivity contribution in [1.29, 1.82) is 0 Å². The molecule has 2 aliphatic rings. The Balaban J connectivity index is 1.86. The van der Waals surface area contributed by atoms with E-state index in [4.69, 9.17) is 4.74 Å². The fourth-order valence-electron chi connectivity index (χ4n) is 3.15. The maximum atomic E-state index is 6.47. The van der Waals surface area contributed by atoms with E-state index in [1.54, 1.807) is 0 Å². The Kier molecular flexibility index (Phi) is 4.21. The second kappa shape index (κ2) is 5.13. The van der Waals surface area contributed by atoms with Crippen LogP contribution in [0, 0.1) is 5.41 Å². The molecular weight excluding hydrogens is 311 g/mol. The molecular formula is C14H25IO. The van der Waals surface area contributed by atoms with Crippen LogP contribution < -0.4 is 0 Å². The van der Waals surface area contributed by atoms with Gasteiger partial charge in [0.15, 0.2) is 0 Å². The third-order valence-corrected chi connectivity index (χ3v) is 5.85. The molecule has 0 bridgehead atoms. The van der Waals surface area contributed by atoms with Crippen LogP contribution in [0.4, 0.5) is 0 Å². The van der Waals surface area contributed by atoms with E-state index in [0.717, 1.165) is 0 Å². The summed E-state index contributed by atoms with van der Waals surface area (Å²) in [6.45, 7) is 4.79. The molecule has 0 unspecified atom stereocenters. The lowest BCUT2D eigenvalue weighted by molar-refractivity contribution is -0.0960. The summed E-state index contributed by atoms with van der Waals surface area (Å²) in [6.07, 6.45) is 11.2. The molecule has 0 N–H and O–H groups in total. The van der Waals surface area contributed by atoms with Gasteiger partial charge in [0.05, 0.1) is 11.7 Å². The Morgan fingerprint density at radius 3 is 2.12 bits per heavy atom. The third kappa shape index (κ3) is 3.12. The molecule has 2 aliphatic carbocycles. The van der Waals surface area contributed by atoms with Gasteiger partial charge in [-0.05, 0) is 43.9 Å². The second-order valence-corrected chi connectivity index (χ2v) is 7.27. The van der Waals surface area contributed by atoms with Gasteiger partial charge in [-0.25, -0.2) is 0 Å². The Bertz CT molecular complexity index is 221. The topological polar surface area (TPSA) is 9.23 Å². The lowest BCUT2D eigenvalue weighted by Crippen LogP contribution is -2.38. The van der Waals surface area contributed by atoms with Gasteiger partial charge in [-0.3, -0.25) is 0 Å². The molecule has 0 radical (unpaired) electrons. The fourth-order valence-corrected chi connectivity index (χ4v) is 4.09. The highest BCUT2D eigenvalue weighted by Gasteiger charge is 2.38. The van der Waals surface area contributed by atoms with Crippen molar-refractivity contribution in [2.24, 2.45) is 5.41 Å². The van der Waals surface area contributed by atoms with Crippen molar-refractivity contribution in [3.05, 3.63) is 0 Å².